The van der Waals surface area contributed by atoms with E-state index in [9.17, 15) is 15.0 Å². The standard InChI is InChI=1S/C13H12BrN3O4/c1-21-11-3-7(2-10(18)12(11)19)5-16-17-13(20)9-4-8(14)6-15-9/h2-6,15,18-19H,1H3,(H,17,20)/b16-5+. The van der Waals surface area contributed by atoms with Crippen LogP contribution in [0.25, 0.3) is 0 Å². The summed E-state index contributed by atoms with van der Waals surface area (Å²) in [7, 11) is 1.36. The molecule has 7 nitrogen and oxygen atoms in total. The summed E-state index contributed by atoms with van der Waals surface area (Å²) < 4.78 is 5.65. The fourth-order valence-electron chi connectivity index (χ4n) is 1.57. The lowest BCUT2D eigenvalue weighted by Crippen LogP contribution is -2.17. The molecule has 4 N–H and O–H groups in total. The molecule has 1 aromatic heterocycles. The number of aromatic nitrogens is 1. The smallest absolute Gasteiger partial charge is 0.287 e. The predicted molar refractivity (Wildman–Crippen MR) is 79.9 cm³/mol. The number of carbonyl (C=O) groups is 1. The number of methoxy groups -OCH3 is 1. The molecule has 0 aliphatic rings. The SMILES string of the molecule is COc1cc(/C=N/NC(=O)c2cc(Br)c[nH]2)cc(O)c1O. The normalized spacial score (nSPS) is 10.8. The number of ether oxygens (including phenoxy) is 1. The van der Waals surface area contributed by atoms with E-state index in [-0.39, 0.29) is 17.2 Å². The van der Waals surface area contributed by atoms with Crippen LogP contribution >= 0.6 is 15.9 Å². The molecular formula is C13H12BrN3O4. The molecule has 2 rings (SSSR count). The van der Waals surface area contributed by atoms with Crippen molar-refractivity contribution in [3.63, 3.8) is 0 Å². The summed E-state index contributed by atoms with van der Waals surface area (Å²) in [5.41, 5.74) is 3.13. The number of aromatic hydroxyl groups is 2. The highest BCUT2D eigenvalue weighted by atomic mass is 79.9. The molecule has 0 saturated carbocycles. The Kier molecular flexibility index (Phi) is 4.49. The van der Waals surface area contributed by atoms with Crippen molar-refractivity contribution in [2.24, 2.45) is 5.10 Å². The van der Waals surface area contributed by atoms with E-state index < -0.39 is 5.91 Å². The van der Waals surface area contributed by atoms with Gasteiger partial charge in [-0.2, -0.15) is 5.10 Å². The van der Waals surface area contributed by atoms with Crippen LogP contribution in [0.4, 0.5) is 0 Å². The van der Waals surface area contributed by atoms with E-state index in [4.69, 9.17) is 4.74 Å². The molecule has 0 radical (unpaired) electrons. The van der Waals surface area contributed by atoms with Crippen molar-refractivity contribution < 1.29 is 19.7 Å². The van der Waals surface area contributed by atoms with E-state index in [1.54, 1.807) is 12.3 Å². The molecule has 0 bridgehead atoms. The third-order valence-corrected chi connectivity index (χ3v) is 3.03. The Morgan fingerprint density at radius 2 is 2.19 bits per heavy atom. The highest BCUT2D eigenvalue weighted by molar-refractivity contribution is 9.10. The number of aromatic amines is 1. The molecular weight excluding hydrogens is 342 g/mol. The molecule has 0 aliphatic heterocycles. The number of halogens is 1. The second kappa shape index (κ2) is 6.31. The molecule has 2 aromatic rings. The lowest BCUT2D eigenvalue weighted by atomic mass is 10.2. The molecule has 0 saturated heterocycles. The van der Waals surface area contributed by atoms with E-state index in [2.05, 4.69) is 31.4 Å². The summed E-state index contributed by atoms with van der Waals surface area (Å²) in [6.45, 7) is 0. The Bertz CT molecular complexity index is 697. The van der Waals surface area contributed by atoms with Crippen LogP contribution in [0, 0.1) is 0 Å². The van der Waals surface area contributed by atoms with Gasteiger partial charge in [-0.25, -0.2) is 5.43 Å². The number of H-pyrrole nitrogens is 1. The molecule has 0 spiro atoms. The largest absolute Gasteiger partial charge is 0.504 e. The Hall–Kier alpha value is -2.48. The van der Waals surface area contributed by atoms with Crippen LogP contribution in [0.2, 0.25) is 0 Å². The number of hydrogen-bond donors (Lipinski definition) is 4. The molecule has 21 heavy (non-hydrogen) atoms. The van der Waals surface area contributed by atoms with E-state index in [1.807, 2.05) is 0 Å². The topological polar surface area (TPSA) is 107 Å². The molecule has 0 aliphatic carbocycles. The second-order valence-corrected chi connectivity index (χ2v) is 4.94. The molecule has 0 atom stereocenters. The van der Waals surface area contributed by atoms with Crippen LogP contribution in [0.1, 0.15) is 16.1 Å². The first kappa shape index (κ1) is 14.9. The van der Waals surface area contributed by atoms with Crippen molar-refractivity contribution in [1.29, 1.82) is 0 Å². The number of hydrogen-bond acceptors (Lipinski definition) is 5. The van der Waals surface area contributed by atoms with Crippen molar-refractivity contribution >= 4 is 28.1 Å². The summed E-state index contributed by atoms with van der Waals surface area (Å²) in [5.74, 6) is -0.992. The van der Waals surface area contributed by atoms with E-state index >= 15 is 0 Å². The number of carbonyl (C=O) groups excluding carboxylic acids is 1. The number of phenols is 2. The van der Waals surface area contributed by atoms with Gasteiger partial charge >= 0.3 is 0 Å². The molecule has 110 valence electrons. The van der Waals surface area contributed by atoms with Gasteiger partial charge in [0.15, 0.2) is 11.5 Å². The Morgan fingerprint density at radius 3 is 2.81 bits per heavy atom. The first-order chi connectivity index (χ1) is 10.0. The Labute approximate surface area is 128 Å². The van der Waals surface area contributed by atoms with Gasteiger partial charge in [0, 0.05) is 16.2 Å². The molecule has 0 unspecified atom stereocenters. The molecule has 1 aromatic carbocycles. The highest BCUT2D eigenvalue weighted by Crippen LogP contribution is 2.35. The molecule has 1 heterocycles. The predicted octanol–water partition coefficient (Wildman–Crippen LogP) is 1.96. The second-order valence-electron chi connectivity index (χ2n) is 4.02. The Balaban J connectivity index is 2.08. The Morgan fingerprint density at radius 1 is 1.43 bits per heavy atom. The first-order valence-corrected chi connectivity index (χ1v) is 6.58. The fraction of sp³-hybridized carbons (Fsp3) is 0.0769. The minimum Gasteiger partial charge on any atom is -0.504 e. The number of nitrogens with zero attached hydrogens (tertiary/aromatic N) is 1. The number of benzene rings is 1. The number of hydrazone groups is 1. The van der Waals surface area contributed by atoms with Crippen LogP contribution in [0.15, 0.2) is 34.0 Å². The summed E-state index contributed by atoms with van der Waals surface area (Å²) in [6, 6.07) is 4.37. The van der Waals surface area contributed by atoms with Gasteiger partial charge in [-0.15, -0.1) is 0 Å². The van der Waals surface area contributed by atoms with Crippen molar-refractivity contribution in [3.8, 4) is 17.2 Å². The number of amides is 1. The summed E-state index contributed by atoms with van der Waals surface area (Å²) in [4.78, 5) is 14.5. The van der Waals surface area contributed by atoms with Crippen molar-refractivity contribution in [2.75, 3.05) is 7.11 Å². The van der Waals surface area contributed by atoms with Crippen LogP contribution in [0.5, 0.6) is 17.2 Å². The van der Waals surface area contributed by atoms with Gasteiger partial charge < -0.3 is 19.9 Å². The molecule has 8 heteroatoms. The van der Waals surface area contributed by atoms with Gasteiger partial charge in [0.1, 0.15) is 5.69 Å². The zero-order valence-corrected chi connectivity index (χ0v) is 12.5. The van der Waals surface area contributed by atoms with E-state index in [1.165, 1.54) is 25.5 Å². The maximum absolute atomic E-state index is 11.7. The number of phenolic OH excluding ortho intramolecular Hbond substituents is 2. The fourth-order valence-corrected chi connectivity index (χ4v) is 1.91. The first-order valence-electron chi connectivity index (χ1n) is 5.78. The average molecular weight is 354 g/mol. The van der Waals surface area contributed by atoms with Crippen molar-refractivity contribution in [2.45, 2.75) is 0 Å². The van der Waals surface area contributed by atoms with Crippen molar-refractivity contribution in [1.82, 2.24) is 10.4 Å². The lowest BCUT2D eigenvalue weighted by molar-refractivity contribution is 0.0951. The zero-order chi connectivity index (χ0) is 15.4. The minimum atomic E-state index is -0.410. The van der Waals surface area contributed by atoms with E-state index in [0.717, 1.165) is 4.47 Å². The quantitative estimate of drug-likeness (QED) is 0.383. The third kappa shape index (κ3) is 3.54. The van der Waals surface area contributed by atoms with Crippen LogP contribution in [-0.2, 0) is 0 Å². The molecule has 0 fully saturated rings. The highest BCUT2D eigenvalue weighted by Gasteiger charge is 2.09. The van der Waals surface area contributed by atoms with Gasteiger partial charge in [0.2, 0.25) is 5.75 Å². The third-order valence-electron chi connectivity index (χ3n) is 2.57. The van der Waals surface area contributed by atoms with Crippen LogP contribution in [0.3, 0.4) is 0 Å². The van der Waals surface area contributed by atoms with Gasteiger partial charge in [0.25, 0.3) is 5.91 Å². The van der Waals surface area contributed by atoms with Crippen LogP contribution < -0.4 is 10.2 Å². The lowest BCUT2D eigenvalue weighted by Gasteiger charge is -2.06. The van der Waals surface area contributed by atoms with Gasteiger partial charge in [-0.1, -0.05) is 0 Å². The number of nitrogens with one attached hydrogen (secondary N) is 2. The average Bonchev–Trinajstić information content (AvgIpc) is 2.89. The summed E-state index contributed by atoms with van der Waals surface area (Å²) in [5, 5.41) is 22.8. The van der Waals surface area contributed by atoms with Gasteiger partial charge in [-0.3, -0.25) is 4.79 Å². The summed E-state index contributed by atoms with van der Waals surface area (Å²) in [6.07, 6.45) is 2.94. The van der Waals surface area contributed by atoms with Gasteiger partial charge in [-0.05, 0) is 34.1 Å². The van der Waals surface area contributed by atoms with E-state index in [0.29, 0.717) is 11.3 Å². The summed E-state index contributed by atoms with van der Waals surface area (Å²) >= 11 is 3.22. The maximum Gasteiger partial charge on any atom is 0.287 e. The molecule has 1 amide bonds. The monoisotopic (exact) mass is 353 g/mol. The maximum atomic E-state index is 11.7. The van der Waals surface area contributed by atoms with Crippen molar-refractivity contribution in [3.05, 3.63) is 40.1 Å². The van der Waals surface area contributed by atoms with Gasteiger partial charge in [0.05, 0.1) is 13.3 Å². The number of rotatable bonds is 4. The zero-order valence-electron chi connectivity index (χ0n) is 10.9. The minimum absolute atomic E-state index is 0.107. The van der Waals surface area contributed by atoms with Crippen LogP contribution in [-0.4, -0.2) is 34.4 Å².